The van der Waals surface area contributed by atoms with Crippen molar-refractivity contribution in [2.24, 2.45) is 0 Å². The van der Waals surface area contributed by atoms with Crippen molar-refractivity contribution < 1.29 is 9.53 Å². The normalized spacial score (nSPS) is 11.2. The summed E-state index contributed by atoms with van der Waals surface area (Å²) >= 11 is 1.57. The van der Waals surface area contributed by atoms with Gasteiger partial charge in [0.2, 0.25) is 0 Å². The second-order valence-corrected chi connectivity index (χ2v) is 9.19. The zero-order chi connectivity index (χ0) is 23.2. The number of benzene rings is 3. The van der Waals surface area contributed by atoms with Crippen LogP contribution in [0.15, 0.2) is 72.8 Å². The van der Waals surface area contributed by atoms with Crippen LogP contribution in [0.2, 0.25) is 0 Å². The number of anilines is 1. The van der Waals surface area contributed by atoms with Gasteiger partial charge >= 0.3 is 0 Å². The third kappa shape index (κ3) is 5.59. The van der Waals surface area contributed by atoms with Crippen LogP contribution < -0.4 is 9.64 Å². The Morgan fingerprint density at radius 1 is 0.970 bits per heavy atom. The van der Waals surface area contributed by atoms with Gasteiger partial charge in [-0.25, -0.2) is 4.98 Å². The second-order valence-electron chi connectivity index (χ2n) is 8.18. The average Bonchev–Trinajstić information content (AvgIpc) is 3.25. The third-order valence-corrected chi connectivity index (χ3v) is 6.44. The highest BCUT2D eigenvalue weighted by Gasteiger charge is 2.24. The molecule has 170 valence electrons. The number of aryl methyl sites for hydroxylation is 1. The number of aromatic nitrogens is 1. The molecule has 0 aliphatic rings. The summed E-state index contributed by atoms with van der Waals surface area (Å²) in [5.41, 5.74) is 2.72. The summed E-state index contributed by atoms with van der Waals surface area (Å²) in [5, 5.41) is 0.719. The van der Waals surface area contributed by atoms with E-state index in [2.05, 4.69) is 24.0 Å². The number of nitrogens with zero attached hydrogens (tertiary/aromatic N) is 3. The molecule has 0 saturated carbocycles. The molecule has 0 radical (unpaired) electrons. The van der Waals surface area contributed by atoms with Crippen molar-refractivity contribution in [3.05, 3.63) is 83.9 Å². The molecule has 0 aliphatic heterocycles. The zero-order valence-corrected chi connectivity index (χ0v) is 20.1. The summed E-state index contributed by atoms with van der Waals surface area (Å²) in [4.78, 5) is 22.6. The lowest BCUT2D eigenvalue weighted by atomic mass is 10.1. The van der Waals surface area contributed by atoms with Gasteiger partial charge in [0.15, 0.2) is 5.13 Å². The second kappa shape index (κ2) is 10.6. The number of fused-ring (bicyclic) bond motifs is 1. The maximum atomic E-state index is 13.8. The van der Waals surface area contributed by atoms with Gasteiger partial charge in [-0.2, -0.15) is 0 Å². The minimum Gasteiger partial charge on any atom is -0.457 e. The highest BCUT2D eigenvalue weighted by atomic mass is 32.1. The predicted molar refractivity (Wildman–Crippen MR) is 137 cm³/mol. The number of ether oxygens (including phenoxy) is 1. The molecule has 0 unspecified atom stereocenters. The van der Waals surface area contributed by atoms with E-state index < -0.39 is 0 Å². The molecular formula is C27H29N3O2S. The van der Waals surface area contributed by atoms with Gasteiger partial charge in [0, 0.05) is 6.54 Å². The van der Waals surface area contributed by atoms with Crippen LogP contribution in [0.4, 0.5) is 5.13 Å². The van der Waals surface area contributed by atoms with Crippen LogP contribution in [0.3, 0.4) is 0 Å². The smallest absolute Gasteiger partial charge is 0.263 e. The van der Waals surface area contributed by atoms with E-state index in [1.54, 1.807) is 16.2 Å². The molecule has 0 aliphatic carbocycles. The first kappa shape index (κ1) is 23.0. The van der Waals surface area contributed by atoms with Crippen LogP contribution in [0.1, 0.15) is 29.3 Å². The molecule has 0 saturated heterocycles. The van der Waals surface area contributed by atoms with Crippen LogP contribution >= 0.6 is 11.3 Å². The maximum Gasteiger partial charge on any atom is 0.263 e. The molecule has 0 spiro atoms. The van der Waals surface area contributed by atoms with Gasteiger partial charge in [0.25, 0.3) is 5.91 Å². The van der Waals surface area contributed by atoms with Gasteiger partial charge in [-0.1, -0.05) is 54.7 Å². The van der Waals surface area contributed by atoms with Crippen molar-refractivity contribution in [1.29, 1.82) is 0 Å². The van der Waals surface area contributed by atoms with Gasteiger partial charge in [0.05, 0.1) is 15.8 Å². The lowest BCUT2D eigenvalue weighted by molar-refractivity contribution is 0.0984. The summed E-state index contributed by atoms with van der Waals surface area (Å²) in [7, 11) is 4.08. The van der Waals surface area contributed by atoms with E-state index >= 15 is 0 Å². The highest BCUT2D eigenvalue weighted by molar-refractivity contribution is 7.22. The molecular weight excluding hydrogens is 430 g/mol. The molecule has 4 rings (SSSR count). The molecule has 1 aromatic heterocycles. The Balaban J connectivity index is 1.68. The van der Waals surface area contributed by atoms with E-state index in [9.17, 15) is 4.79 Å². The monoisotopic (exact) mass is 459 g/mol. The molecule has 3 aromatic carbocycles. The summed E-state index contributed by atoms with van der Waals surface area (Å²) in [6, 6.07) is 23.3. The third-order valence-electron chi connectivity index (χ3n) is 5.40. The number of amides is 1. The first-order chi connectivity index (χ1) is 16.0. The molecule has 4 aromatic rings. The topological polar surface area (TPSA) is 45.7 Å². The number of carbonyl (C=O) groups excluding carboxylic acids is 1. The number of hydrogen-bond donors (Lipinski definition) is 0. The first-order valence-corrected chi connectivity index (χ1v) is 12.0. The van der Waals surface area contributed by atoms with Gasteiger partial charge in [-0.15, -0.1) is 0 Å². The Bertz CT molecular complexity index is 1220. The van der Waals surface area contributed by atoms with E-state index in [1.165, 1.54) is 5.56 Å². The van der Waals surface area contributed by atoms with E-state index in [0.717, 1.165) is 34.7 Å². The van der Waals surface area contributed by atoms with Crippen LogP contribution in [0.25, 0.3) is 10.2 Å². The van der Waals surface area contributed by atoms with Gasteiger partial charge in [-0.3, -0.25) is 9.69 Å². The summed E-state index contributed by atoms with van der Waals surface area (Å²) < 4.78 is 7.18. The Hall–Kier alpha value is -3.22. The molecule has 0 N–H and O–H groups in total. The Morgan fingerprint density at radius 2 is 1.73 bits per heavy atom. The molecule has 0 fully saturated rings. The van der Waals surface area contributed by atoms with Gasteiger partial charge in [0.1, 0.15) is 11.5 Å². The number of carbonyl (C=O) groups is 1. The molecule has 33 heavy (non-hydrogen) atoms. The van der Waals surface area contributed by atoms with Crippen molar-refractivity contribution in [3.8, 4) is 11.5 Å². The van der Waals surface area contributed by atoms with Gasteiger partial charge in [-0.05, 0) is 75.4 Å². The quantitative estimate of drug-likeness (QED) is 0.297. The standard InChI is InChI=1S/C27H29N3O2S/c1-4-20-15-16-23-25(19-20)33-27(28-23)30(18-10-17-29(2)3)26(31)22-13-8-9-14-24(22)32-21-11-6-5-7-12-21/h5-9,11-16,19H,4,10,17-18H2,1-3H3. The van der Waals surface area contributed by atoms with E-state index in [0.29, 0.717) is 23.6 Å². The highest BCUT2D eigenvalue weighted by Crippen LogP contribution is 2.33. The lowest BCUT2D eigenvalue weighted by Gasteiger charge is -2.22. The minimum absolute atomic E-state index is 0.102. The molecule has 0 bridgehead atoms. The minimum atomic E-state index is -0.102. The van der Waals surface area contributed by atoms with Crippen molar-refractivity contribution in [2.75, 3.05) is 32.1 Å². The van der Waals surface area contributed by atoms with E-state index in [-0.39, 0.29) is 5.91 Å². The number of para-hydroxylation sites is 2. The largest absolute Gasteiger partial charge is 0.457 e. The Kier molecular flexibility index (Phi) is 7.37. The van der Waals surface area contributed by atoms with Gasteiger partial charge < -0.3 is 9.64 Å². The Morgan fingerprint density at radius 3 is 2.48 bits per heavy atom. The van der Waals surface area contributed by atoms with E-state index in [4.69, 9.17) is 9.72 Å². The first-order valence-electron chi connectivity index (χ1n) is 11.2. The maximum absolute atomic E-state index is 13.8. The average molecular weight is 460 g/mol. The Labute approximate surface area is 199 Å². The lowest BCUT2D eigenvalue weighted by Crippen LogP contribution is -2.33. The van der Waals surface area contributed by atoms with Crippen molar-refractivity contribution in [1.82, 2.24) is 9.88 Å². The number of hydrogen-bond acceptors (Lipinski definition) is 5. The van der Waals surface area contributed by atoms with Crippen LogP contribution in [-0.4, -0.2) is 43.0 Å². The van der Waals surface area contributed by atoms with Crippen LogP contribution in [0, 0.1) is 0 Å². The summed E-state index contributed by atoms with van der Waals surface area (Å²) in [6.07, 6.45) is 1.81. The fourth-order valence-corrected chi connectivity index (χ4v) is 4.67. The molecule has 1 amide bonds. The molecule has 0 atom stereocenters. The number of thiazole rings is 1. The van der Waals surface area contributed by atoms with Crippen molar-refractivity contribution in [2.45, 2.75) is 19.8 Å². The fraction of sp³-hybridized carbons (Fsp3) is 0.259. The zero-order valence-electron chi connectivity index (χ0n) is 19.3. The summed E-state index contributed by atoms with van der Waals surface area (Å²) in [6.45, 7) is 3.61. The van der Waals surface area contributed by atoms with E-state index in [1.807, 2.05) is 74.8 Å². The fourth-order valence-electron chi connectivity index (χ4n) is 3.61. The van der Waals surface area contributed by atoms with Crippen molar-refractivity contribution in [3.63, 3.8) is 0 Å². The van der Waals surface area contributed by atoms with Crippen LogP contribution in [-0.2, 0) is 6.42 Å². The summed E-state index contributed by atoms with van der Waals surface area (Å²) in [5.74, 6) is 1.14. The molecule has 5 nitrogen and oxygen atoms in total. The SMILES string of the molecule is CCc1ccc2nc(N(CCCN(C)C)C(=O)c3ccccc3Oc3ccccc3)sc2c1. The van der Waals surface area contributed by atoms with Crippen molar-refractivity contribution >= 4 is 32.6 Å². The predicted octanol–water partition coefficient (Wildman–Crippen LogP) is 6.25. The molecule has 1 heterocycles. The van der Waals surface area contributed by atoms with Crippen LogP contribution in [0.5, 0.6) is 11.5 Å². The molecule has 6 heteroatoms. The number of rotatable bonds is 9.